The molecule has 84 valence electrons. The molecule has 0 spiro atoms. The summed E-state index contributed by atoms with van der Waals surface area (Å²) >= 11 is 0. The number of rotatable bonds is 6. The molecular weight excluding hydrogens is 194 g/mol. The summed E-state index contributed by atoms with van der Waals surface area (Å²) < 4.78 is 0. The van der Waals surface area contributed by atoms with Crippen LogP contribution in [0.5, 0.6) is 0 Å². The highest BCUT2D eigenvalue weighted by Gasteiger charge is 2.31. The van der Waals surface area contributed by atoms with E-state index in [-0.39, 0.29) is 12.5 Å². The van der Waals surface area contributed by atoms with Gasteiger partial charge in [-0.05, 0) is 37.5 Å². The zero-order chi connectivity index (χ0) is 10.8. The molecule has 2 saturated carbocycles. The van der Waals surface area contributed by atoms with E-state index in [9.17, 15) is 9.59 Å². The summed E-state index contributed by atoms with van der Waals surface area (Å²) in [6.45, 7) is 0.528. The summed E-state index contributed by atoms with van der Waals surface area (Å²) in [4.78, 5) is 23.9. The van der Waals surface area contributed by atoms with Crippen molar-refractivity contribution in [1.29, 1.82) is 0 Å². The van der Waals surface area contributed by atoms with Crippen LogP contribution in [0.2, 0.25) is 0 Å². The lowest BCUT2D eigenvalue weighted by Crippen LogP contribution is -2.37. The third-order valence-corrected chi connectivity index (χ3v) is 3.01. The third kappa shape index (κ3) is 3.53. The highest BCUT2D eigenvalue weighted by molar-refractivity contribution is 5.81. The fraction of sp³-hybridized carbons (Fsp3) is 0.818. The van der Waals surface area contributed by atoms with Gasteiger partial charge >= 0.3 is 5.97 Å². The summed E-state index contributed by atoms with van der Waals surface area (Å²) in [5.41, 5.74) is 0. The second-order valence-electron chi connectivity index (χ2n) is 4.76. The molecule has 1 N–H and O–H groups in total. The normalized spacial score (nSPS) is 20.0. The van der Waals surface area contributed by atoms with Crippen LogP contribution < -0.4 is 0 Å². The van der Waals surface area contributed by atoms with Crippen LogP contribution in [0.3, 0.4) is 0 Å². The minimum atomic E-state index is -0.903. The van der Waals surface area contributed by atoms with Gasteiger partial charge in [0.05, 0.1) is 0 Å². The average molecular weight is 211 g/mol. The highest BCUT2D eigenvalue weighted by Crippen LogP contribution is 2.34. The molecule has 0 radical (unpaired) electrons. The Hall–Kier alpha value is -1.06. The topological polar surface area (TPSA) is 57.6 Å². The Kier molecular flexibility index (Phi) is 2.93. The molecule has 0 saturated heterocycles. The van der Waals surface area contributed by atoms with Crippen LogP contribution in [0.4, 0.5) is 0 Å². The van der Waals surface area contributed by atoms with Gasteiger partial charge in [-0.15, -0.1) is 0 Å². The zero-order valence-electron chi connectivity index (χ0n) is 8.82. The number of carbonyl (C=O) groups is 2. The molecule has 0 aromatic rings. The Balaban J connectivity index is 1.82. The number of carbonyl (C=O) groups excluding carboxylic acids is 1. The van der Waals surface area contributed by atoms with Gasteiger partial charge in [0.1, 0.15) is 6.54 Å². The van der Waals surface area contributed by atoms with Crippen molar-refractivity contribution in [1.82, 2.24) is 4.90 Å². The summed E-state index contributed by atoms with van der Waals surface area (Å²) in [6.07, 6.45) is 5.12. The summed E-state index contributed by atoms with van der Waals surface area (Å²) in [5.74, 6) is 0.229. The molecule has 0 heterocycles. The van der Waals surface area contributed by atoms with E-state index in [1.807, 2.05) is 0 Å². The molecule has 0 aromatic carbocycles. The SMILES string of the molecule is O=C(O)CN(CC1CC1)C(=O)CC1CC1. The van der Waals surface area contributed by atoms with Crippen LogP contribution in [0.15, 0.2) is 0 Å². The first-order valence-electron chi connectivity index (χ1n) is 5.64. The Labute approximate surface area is 89.3 Å². The number of hydrogen-bond acceptors (Lipinski definition) is 2. The maximum absolute atomic E-state index is 11.8. The van der Waals surface area contributed by atoms with Gasteiger partial charge < -0.3 is 10.0 Å². The van der Waals surface area contributed by atoms with Crippen molar-refractivity contribution in [2.24, 2.45) is 11.8 Å². The van der Waals surface area contributed by atoms with Crippen molar-refractivity contribution in [2.75, 3.05) is 13.1 Å². The van der Waals surface area contributed by atoms with E-state index in [1.54, 1.807) is 0 Å². The second-order valence-corrected chi connectivity index (χ2v) is 4.76. The number of nitrogens with zero attached hydrogens (tertiary/aromatic N) is 1. The highest BCUT2D eigenvalue weighted by atomic mass is 16.4. The van der Waals surface area contributed by atoms with Gasteiger partial charge in [0.15, 0.2) is 0 Å². The van der Waals surface area contributed by atoms with Crippen LogP contribution in [-0.4, -0.2) is 35.0 Å². The first-order chi connectivity index (χ1) is 7.15. The number of carboxylic acid groups (broad SMARTS) is 1. The maximum Gasteiger partial charge on any atom is 0.323 e. The minimum absolute atomic E-state index is 0.0341. The predicted molar refractivity (Wildman–Crippen MR) is 54.3 cm³/mol. The molecule has 4 heteroatoms. The number of carboxylic acids is 1. The monoisotopic (exact) mass is 211 g/mol. The molecule has 4 nitrogen and oxygen atoms in total. The van der Waals surface area contributed by atoms with Crippen molar-refractivity contribution in [2.45, 2.75) is 32.1 Å². The third-order valence-electron chi connectivity index (χ3n) is 3.01. The van der Waals surface area contributed by atoms with Gasteiger partial charge in [-0.1, -0.05) is 0 Å². The first kappa shape index (κ1) is 10.5. The molecule has 2 aliphatic carbocycles. The molecule has 15 heavy (non-hydrogen) atoms. The van der Waals surface area contributed by atoms with Crippen LogP contribution in [0, 0.1) is 11.8 Å². The van der Waals surface area contributed by atoms with Gasteiger partial charge in [-0.25, -0.2) is 0 Å². The quantitative estimate of drug-likeness (QED) is 0.716. The Morgan fingerprint density at radius 3 is 2.20 bits per heavy atom. The lowest BCUT2D eigenvalue weighted by molar-refractivity contribution is -0.144. The lowest BCUT2D eigenvalue weighted by Gasteiger charge is -2.20. The Morgan fingerprint density at radius 1 is 1.13 bits per heavy atom. The van der Waals surface area contributed by atoms with Crippen LogP contribution in [0.25, 0.3) is 0 Å². The zero-order valence-corrected chi connectivity index (χ0v) is 8.82. The van der Waals surface area contributed by atoms with Crippen molar-refractivity contribution in [3.63, 3.8) is 0 Å². The fourth-order valence-corrected chi connectivity index (χ4v) is 1.73. The summed E-state index contributed by atoms with van der Waals surface area (Å²) in [6, 6.07) is 0. The van der Waals surface area contributed by atoms with E-state index in [4.69, 9.17) is 5.11 Å². The number of hydrogen-bond donors (Lipinski definition) is 1. The van der Waals surface area contributed by atoms with E-state index in [0.29, 0.717) is 24.8 Å². The molecular formula is C11H17NO3. The van der Waals surface area contributed by atoms with Crippen LogP contribution in [-0.2, 0) is 9.59 Å². The second kappa shape index (κ2) is 4.21. The predicted octanol–water partition coefficient (Wildman–Crippen LogP) is 1.11. The van der Waals surface area contributed by atoms with Gasteiger partial charge in [0.25, 0.3) is 0 Å². The molecule has 0 aliphatic heterocycles. The molecule has 2 rings (SSSR count). The van der Waals surface area contributed by atoms with Gasteiger partial charge in [0.2, 0.25) is 5.91 Å². The van der Waals surface area contributed by atoms with Gasteiger partial charge in [-0.2, -0.15) is 0 Å². The summed E-state index contributed by atoms with van der Waals surface area (Å²) in [5, 5.41) is 8.72. The fourth-order valence-electron chi connectivity index (χ4n) is 1.73. The average Bonchev–Trinajstić information content (AvgIpc) is 2.94. The molecule has 0 unspecified atom stereocenters. The minimum Gasteiger partial charge on any atom is -0.480 e. The molecule has 0 aromatic heterocycles. The van der Waals surface area contributed by atoms with Crippen molar-refractivity contribution >= 4 is 11.9 Å². The number of amides is 1. The van der Waals surface area contributed by atoms with Gasteiger partial charge in [0, 0.05) is 13.0 Å². The maximum atomic E-state index is 11.8. The van der Waals surface area contributed by atoms with Crippen LogP contribution >= 0.6 is 0 Å². The molecule has 2 aliphatic rings. The van der Waals surface area contributed by atoms with Crippen LogP contribution in [0.1, 0.15) is 32.1 Å². The van der Waals surface area contributed by atoms with Crippen molar-refractivity contribution in [3.8, 4) is 0 Å². The number of aliphatic carboxylic acids is 1. The van der Waals surface area contributed by atoms with E-state index in [2.05, 4.69) is 0 Å². The molecule has 0 bridgehead atoms. The van der Waals surface area contributed by atoms with Crippen molar-refractivity contribution < 1.29 is 14.7 Å². The Bertz CT molecular complexity index is 269. The van der Waals surface area contributed by atoms with E-state index < -0.39 is 5.97 Å². The standard InChI is InChI=1S/C11H17NO3/c13-10(5-8-1-2-8)12(7-11(14)15)6-9-3-4-9/h8-9H,1-7H2,(H,14,15). The molecule has 1 amide bonds. The van der Waals surface area contributed by atoms with E-state index in [0.717, 1.165) is 25.7 Å². The van der Waals surface area contributed by atoms with E-state index in [1.165, 1.54) is 4.90 Å². The van der Waals surface area contributed by atoms with Crippen molar-refractivity contribution in [3.05, 3.63) is 0 Å². The lowest BCUT2D eigenvalue weighted by atomic mass is 10.2. The molecule has 0 atom stereocenters. The molecule has 2 fully saturated rings. The smallest absolute Gasteiger partial charge is 0.323 e. The van der Waals surface area contributed by atoms with E-state index >= 15 is 0 Å². The largest absolute Gasteiger partial charge is 0.480 e. The Morgan fingerprint density at radius 2 is 1.73 bits per heavy atom. The first-order valence-corrected chi connectivity index (χ1v) is 5.64. The van der Waals surface area contributed by atoms with Gasteiger partial charge in [-0.3, -0.25) is 9.59 Å². The summed E-state index contributed by atoms with van der Waals surface area (Å²) in [7, 11) is 0.